The highest BCUT2D eigenvalue weighted by Crippen LogP contribution is 2.07. The molecule has 0 saturated heterocycles. The summed E-state index contributed by atoms with van der Waals surface area (Å²) in [5.74, 6) is -1.49. The molecule has 0 spiro atoms. The molecule has 0 unspecified atom stereocenters. The van der Waals surface area contributed by atoms with Gasteiger partial charge in [0, 0.05) is 0 Å². The number of amides is 2. The molecule has 0 bridgehead atoms. The minimum absolute atomic E-state index is 0.172. The summed E-state index contributed by atoms with van der Waals surface area (Å²) in [4.78, 5) is 22.4. The fourth-order valence-corrected chi connectivity index (χ4v) is 1.79. The first kappa shape index (κ1) is 18.9. The molecule has 0 aliphatic rings. The molecule has 6 N–H and O–H groups in total. The van der Waals surface area contributed by atoms with E-state index in [0.717, 1.165) is 6.07 Å². The maximum Gasteiger partial charge on any atom is 0.341 e. The molecule has 128 valence electrons. The Labute approximate surface area is 134 Å². The summed E-state index contributed by atoms with van der Waals surface area (Å²) in [6.07, 6.45) is -0.918. The summed E-state index contributed by atoms with van der Waals surface area (Å²) in [6, 6.07) is 4.85. The molecule has 0 fully saturated rings. The van der Waals surface area contributed by atoms with Crippen LogP contribution in [0.4, 0.5) is 9.18 Å². The second kappa shape index (κ2) is 8.44. The number of urea groups is 1. The molecular weight excluding hydrogens is 305 g/mol. The zero-order chi connectivity index (χ0) is 17.5. The van der Waals surface area contributed by atoms with E-state index < -0.39 is 23.9 Å². The Morgan fingerprint density at radius 1 is 1.43 bits per heavy atom. The van der Waals surface area contributed by atoms with Crippen molar-refractivity contribution < 1.29 is 29.1 Å². The highest BCUT2D eigenvalue weighted by molar-refractivity contribution is 5.89. The molecule has 8 heteroatoms. The Morgan fingerprint density at radius 3 is 2.70 bits per heavy atom. The molecule has 2 amide bonds. The number of carbonyl (C=O) groups is 2. The van der Waals surface area contributed by atoms with E-state index in [1.165, 1.54) is 18.2 Å². The lowest BCUT2D eigenvalue weighted by molar-refractivity contribution is -0.723. The summed E-state index contributed by atoms with van der Waals surface area (Å²) in [5, 5.41) is 14.1. The number of aliphatic hydroxyl groups excluding tert-OH is 1. The number of benzene rings is 1. The molecule has 7 nitrogen and oxygen atoms in total. The van der Waals surface area contributed by atoms with Gasteiger partial charge in [0.2, 0.25) is 0 Å². The van der Waals surface area contributed by atoms with Gasteiger partial charge in [-0.15, -0.1) is 0 Å². The number of halogens is 1. The topological polar surface area (TPSA) is 118 Å². The van der Waals surface area contributed by atoms with E-state index in [1.54, 1.807) is 5.32 Å². The normalized spacial score (nSPS) is 12.5. The molecule has 0 aliphatic carbocycles. The minimum Gasteiger partial charge on any atom is -0.459 e. The molecule has 0 saturated carbocycles. The van der Waals surface area contributed by atoms with Gasteiger partial charge in [-0.05, 0) is 26.0 Å². The average molecular weight is 328 g/mol. The number of hydrogen-bond donors (Lipinski definition) is 4. The highest BCUT2D eigenvalue weighted by atomic mass is 19.1. The molecule has 1 aromatic carbocycles. The first-order chi connectivity index (χ1) is 10.7. The van der Waals surface area contributed by atoms with Crippen LogP contribution < -0.4 is 16.4 Å². The predicted molar refractivity (Wildman–Crippen MR) is 81.1 cm³/mol. The number of primary amides is 1. The van der Waals surface area contributed by atoms with Crippen LogP contribution in [-0.4, -0.2) is 48.4 Å². The van der Waals surface area contributed by atoms with E-state index in [-0.39, 0.29) is 24.3 Å². The molecule has 0 aromatic heterocycles. The van der Waals surface area contributed by atoms with Crippen LogP contribution in [0.5, 0.6) is 0 Å². The summed E-state index contributed by atoms with van der Waals surface area (Å²) >= 11 is 0. The van der Waals surface area contributed by atoms with Crippen LogP contribution in [0.3, 0.4) is 0 Å². The van der Waals surface area contributed by atoms with Crippen molar-refractivity contribution in [1.29, 1.82) is 0 Å². The number of nitrogens with one attached hydrogen (secondary N) is 1. The fourth-order valence-electron chi connectivity index (χ4n) is 1.79. The Kier molecular flexibility index (Phi) is 6.92. The van der Waals surface area contributed by atoms with E-state index in [0.29, 0.717) is 6.54 Å². The third kappa shape index (κ3) is 7.07. The Bertz CT molecular complexity index is 551. The van der Waals surface area contributed by atoms with Crippen molar-refractivity contribution in [3.63, 3.8) is 0 Å². The number of nitrogens with two attached hydrogens (primary N) is 2. The Morgan fingerprint density at radius 2 is 2.09 bits per heavy atom. The van der Waals surface area contributed by atoms with E-state index in [4.69, 9.17) is 10.5 Å². The van der Waals surface area contributed by atoms with Crippen molar-refractivity contribution in [3.8, 4) is 0 Å². The number of esters is 1. The predicted octanol–water partition coefficient (Wildman–Crippen LogP) is -0.646. The quantitative estimate of drug-likeness (QED) is 0.474. The summed E-state index contributed by atoms with van der Waals surface area (Å²) in [6.45, 7) is 4.05. The molecule has 1 atom stereocenters. The van der Waals surface area contributed by atoms with Gasteiger partial charge in [-0.3, -0.25) is 0 Å². The van der Waals surface area contributed by atoms with E-state index >= 15 is 0 Å². The summed E-state index contributed by atoms with van der Waals surface area (Å²) in [5.41, 5.74) is 4.45. The van der Waals surface area contributed by atoms with Gasteiger partial charge in [0.05, 0.1) is 12.1 Å². The summed E-state index contributed by atoms with van der Waals surface area (Å²) < 4.78 is 18.3. The van der Waals surface area contributed by atoms with Gasteiger partial charge < -0.3 is 26.2 Å². The van der Waals surface area contributed by atoms with Gasteiger partial charge in [-0.1, -0.05) is 12.1 Å². The van der Waals surface area contributed by atoms with Gasteiger partial charge in [0.1, 0.15) is 30.6 Å². The molecule has 1 rings (SSSR count). The fraction of sp³-hybridized carbons (Fsp3) is 0.467. The SMILES string of the molecule is CC(C)(CNC(N)=O)[NH2+]C[C@H](O)COC(=O)c1ccccc1F. The number of hydrogen-bond acceptors (Lipinski definition) is 4. The van der Waals surface area contributed by atoms with Gasteiger partial charge in [0.15, 0.2) is 0 Å². The minimum atomic E-state index is -0.918. The second-order valence-corrected chi connectivity index (χ2v) is 5.88. The molecule has 0 aliphatic heterocycles. The van der Waals surface area contributed by atoms with E-state index in [2.05, 4.69) is 5.32 Å². The zero-order valence-electron chi connectivity index (χ0n) is 13.2. The monoisotopic (exact) mass is 328 g/mol. The van der Waals surface area contributed by atoms with Crippen molar-refractivity contribution in [2.24, 2.45) is 5.73 Å². The van der Waals surface area contributed by atoms with Crippen LogP contribution >= 0.6 is 0 Å². The Balaban J connectivity index is 2.37. The van der Waals surface area contributed by atoms with Crippen LogP contribution in [0.15, 0.2) is 24.3 Å². The van der Waals surface area contributed by atoms with Crippen molar-refractivity contribution >= 4 is 12.0 Å². The van der Waals surface area contributed by atoms with Gasteiger partial charge in [0.25, 0.3) is 0 Å². The third-order valence-electron chi connectivity index (χ3n) is 3.16. The number of carbonyl (C=O) groups excluding carboxylic acids is 2. The highest BCUT2D eigenvalue weighted by Gasteiger charge is 2.24. The van der Waals surface area contributed by atoms with Crippen LogP contribution in [0.25, 0.3) is 0 Å². The molecule has 0 heterocycles. The maximum atomic E-state index is 13.4. The maximum absolute atomic E-state index is 13.4. The molecule has 23 heavy (non-hydrogen) atoms. The number of quaternary nitrogens is 1. The lowest BCUT2D eigenvalue weighted by Crippen LogP contribution is -2.98. The lowest BCUT2D eigenvalue weighted by Gasteiger charge is -2.24. The second-order valence-electron chi connectivity index (χ2n) is 5.88. The smallest absolute Gasteiger partial charge is 0.341 e. The number of aliphatic hydroxyl groups is 1. The lowest BCUT2D eigenvalue weighted by atomic mass is 10.1. The van der Waals surface area contributed by atoms with Gasteiger partial charge in [-0.2, -0.15) is 0 Å². The van der Waals surface area contributed by atoms with Gasteiger partial charge >= 0.3 is 12.0 Å². The van der Waals surface area contributed by atoms with E-state index in [1.807, 2.05) is 13.8 Å². The third-order valence-corrected chi connectivity index (χ3v) is 3.16. The van der Waals surface area contributed by atoms with Crippen LogP contribution in [0, 0.1) is 5.82 Å². The molecule has 0 radical (unpaired) electrons. The first-order valence-electron chi connectivity index (χ1n) is 7.18. The van der Waals surface area contributed by atoms with E-state index in [9.17, 15) is 19.1 Å². The van der Waals surface area contributed by atoms with Crippen LogP contribution in [0.1, 0.15) is 24.2 Å². The molecule has 1 aromatic rings. The van der Waals surface area contributed by atoms with Crippen molar-refractivity contribution in [2.75, 3.05) is 19.7 Å². The van der Waals surface area contributed by atoms with Gasteiger partial charge in [-0.25, -0.2) is 14.0 Å². The van der Waals surface area contributed by atoms with Crippen LogP contribution in [-0.2, 0) is 4.74 Å². The Hall–Kier alpha value is -2.19. The summed E-state index contributed by atoms with van der Waals surface area (Å²) in [7, 11) is 0. The van der Waals surface area contributed by atoms with Crippen LogP contribution in [0.2, 0.25) is 0 Å². The zero-order valence-corrected chi connectivity index (χ0v) is 13.2. The first-order valence-corrected chi connectivity index (χ1v) is 7.18. The number of ether oxygens (including phenoxy) is 1. The number of rotatable bonds is 8. The van der Waals surface area contributed by atoms with Crippen molar-refractivity contribution in [1.82, 2.24) is 5.32 Å². The standard InChI is InChI=1S/C15H22FN3O4/c1-15(2,9-18-14(17)22)19-7-10(20)8-23-13(21)11-5-3-4-6-12(11)16/h3-6,10,19-20H,7-9H2,1-2H3,(H3,17,18,22)/p+1/t10-/m0/s1. The van der Waals surface area contributed by atoms with Crippen molar-refractivity contribution in [3.05, 3.63) is 35.6 Å². The largest absolute Gasteiger partial charge is 0.459 e. The van der Waals surface area contributed by atoms with Crippen molar-refractivity contribution in [2.45, 2.75) is 25.5 Å². The molecular formula is C15H23FN3O4+. The average Bonchev–Trinajstić information content (AvgIpc) is 2.49.